The van der Waals surface area contributed by atoms with Crippen molar-refractivity contribution < 1.29 is 19.5 Å². The first-order valence-electron chi connectivity index (χ1n) is 8.73. The Morgan fingerprint density at radius 1 is 0.704 bits per heavy atom. The number of nitrogens with one attached hydrogen (secondary N) is 3. The molecule has 0 aliphatic heterocycles. The van der Waals surface area contributed by atoms with E-state index in [1.54, 1.807) is 24.3 Å². The minimum Gasteiger partial charge on any atom is -0.508 e. The molecule has 0 bridgehead atoms. The molecular formula is C20H23N3O4. The fourth-order valence-electron chi connectivity index (χ4n) is 2.32. The number of phenols is 1. The maximum atomic E-state index is 11.8. The monoisotopic (exact) mass is 369 g/mol. The third kappa shape index (κ3) is 7.19. The van der Waals surface area contributed by atoms with Crippen molar-refractivity contribution in [3.8, 4) is 5.75 Å². The minimum atomic E-state index is -0.270. The minimum absolute atomic E-state index is 0.0961. The van der Waals surface area contributed by atoms with Crippen LogP contribution in [0.25, 0.3) is 0 Å². The van der Waals surface area contributed by atoms with Gasteiger partial charge in [-0.3, -0.25) is 14.4 Å². The maximum Gasteiger partial charge on any atom is 0.251 e. The Morgan fingerprint density at radius 3 is 1.93 bits per heavy atom. The highest BCUT2D eigenvalue weighted by Gasteiger charge is 2.06. The molecule has 0 fully saturated rings. The number of amides is 3. The van der Waals surface area contributed by atoms with Crippen LogP contribution in [0.5, 0.6) is 5.75 Å². The van der Waals surface area contributed by atoms with Crippen molar-refractivity contribution in [1.82, 2.24) is 16.0 Å². The van der Waals surface area contributed by atoms with Crippen molar-refractivity contribution >= 4 is 17.7 Å². The van der Waals surface area contributed by atoms with Gasteiger partial charge in [0.25, 0.3) is 11.8 Å². The molecule has 2 aromatic carbocycles. The average molecular weight is 369 g/mol. The lowest BCUT2D eigenvalue weighted by molar-refractivity contribution is -0.121. The summed E-state index contributed by atoms with van der Waals surface area (Å²) in [7, 11) is 0. The molecule has 7 heteroatoms. The molecule has 7 nitrogen and oxygen atoms in total. The predicted octanol–water partition coefficient (Wildman–Crippen LogP) is 1.45. The zero-order valence-corrected chi connectivity index (χ0v) is 14.9. The summed E-state index contributed by atoms with van der Waals surface area (Å²) < 4.78 is 0. The first kappa shape index (κ1) is 20.0. The summed E-state index contributed by atoms with van der Waals surface area (Å²) in [6.07, 6.45) is 0.825. The zero-order chi connectivity index (χ0) is 19.5. The number of hydrogen-bond acceptors (Lipinski definition) is 4. The molecule has 142 valence electrons. The van der Waals surface area contributed by atoms with E-state index in [0.29, 0.717) is 43.6 Å². The largest absolute Gasteiger partial charge is 0.508 e. The number of carbonyl (C=O) groups excluding carboxylic acids is 3. The fourth-order valence-corrected chi connectivity index (χ4v) is 2.32. The fraction of sp³-hybridized carbons (Fsp3) is 0.250. The van der Waals surface area contributed by atoms with Gasteiger partial charge in [-0.05, 0) is 42.8 Å². The summed E-state index contributed by atoms with van der Waals surface area (Å²) >= 11 is 0. The van der Waals surface area contributed by atoms with Crippen LogP contribution in [-0.2, 0) is 4.79 Å². The van der Waals surface area contributed by atoms with E-state index in [1.165, 1.54) is 24.3 Å². The average Bonchev–Trinajstić information content (AvgIpc) is 2.69. The molecule has 0 saturated carbocycles. The van der Waals surface area contributed by atoms with Gasteiger partial charge in [-0.1, -0.05) is 18.2 Å². The molecule has 27 heavy (non-hydrogen) atoms. The Kier molecular flexibility index (Phi) is 7.84. The first-order valence-corrected chi connectivity index (χ1v) is 8.73. The van der Waals surface area contributed by atoms with Crippen molar-refractivity contribution in [2.45, 2.75) is 12.8 Å². The van der Waals surface area contributed by atoms with Gasteiger partial charge in [0, 0.05) is 37.2 Å². The van der Waals surface area contributed by atoms with E-state index >= 15 is 0 Å². The van der Waals surface area contributed by atoms with E-state index in [0.717, 1.165) is 0 Å². The molecule has 0 unspecified atom stereocenters. The normalized spacial score (nSPS) is 10.1. The highest BCUT2D eigenvalue weighted by molar-refractivity contribution is 5.94. The smallest absolute Gasteiger partial charge is 0.251 e. The van der Waals surface area contributed by atoms with E-state index in [-0.39, 0.29) is 23.5 Å². The number of phenolic OH excluding ortho intramolecular Hbond substituents is 1. The topological polar surface area (TPSA) is 108 Å². The van der Waals surface area contributed by atoms with Crippen molar-refractivity contribution in [3.05, 3.63) is 65.7 Å². The Labute approximate surface area is 157 Å². The van der Waals surface area contributed by atoms with Gasteiger partial charge in [0.1, 0.15) is 5.75 Å². The van der Waals surface area contributed by atoms with E-state index < -0.39 is 0 Å². The van der Waals surface area contributed by atoms with Gasteiger partial charge >= 0.3 is 0 Å². The van der Waals surface area contributed by atoms with E-state index in [9.17, 15) is 19.5 Å². The molecule has 0 aliphatic carbocycles. The Morgan fingerprint density at radius 2 is 1.26 bits per heavy atom. The molecule has 0 spiro atoms. The van der Waals surface area contributed by atoms with Gasteiger partial charge in [-0.2, -0.15) is 0 Å². The predicted molar refractivity (Wildman–Crippen MR) is 101 cm³/mol. The molecule has 3 amide bonds. The van der Waals surface area contributed by atoms with E-state index in [1.807, 2.05) is 6.07 Å². The summed E-state index contributed by atoms with van der Waals surface area (Å²) in [6.45, 7) is 1.04. The third-order valence-electron chi connectivity index (χ3n) is 3.76. The highest BCUT2D eigenvalue weighted by Crippen LogP contribution is 2.09. The van der Waals surface area contributed by atoms with Crippen LogP contribution in [0.4, 0.5) is 0 Å². The van der Waals surface area contributed by atoms with Crippen LogP contribution in [-0.4, -0.2) is 42.5 Å². The molecule has 2 rings (SSSR count). The van der Waals surface area contributed by atoms with Crippen LogP contribution in [0.15, 0.2) is 54.6 Å². The quantitative estimate of drug-likeness (QED) is 0.502. The van der Waals surface area contributed by atoms with Gasteiger partial charge in [0.2, 0.25) is 5.91 Å². The van der Waals surface area contributed by atoms with Crippen molar-refractivity contribution in [3.63, 3.8) is 0 Å². The van der Waals surface area contributed by atoms with E-state index in [4.69, 9.17) is 0 Å². The number of aromatic hydroxyl groups is 1. The molecule has 0 radical (unpaired) electrons. The van der Waals surface area contributed by atoms with Gasteiger partial charge in [-0.15, -0.1) is 0 Å². The van der Waals surface area contributed by atoms with Crippen LogP contribution < -0.4 is 16.0 Å². The van der Waals surface area contributed by atoms with Crippen LogP contribution in [0.1, 0.15) is 33.6 Å². The molecule has 4 N–H and O–H groups in total. The second-order valence-corrected chi connectivity index (χ2v) is 5.88. The van der Waals surface area contributed by atoms with Crippen LogP contribution in [0.2, 0.25) is 0 Å². The summed E-state index contributed by atoms with van der Waals surface area (Å²) in [4.78, 5) is 35.4. The lowest BCUT2D eigenvalue weighted by atomic mass is 10.2. The molecule has 0 heterocycles. The van der Waals surface area contributed by atoms with Gasteiger partial charge in [0.05, 0.1) is 0 Å². The lowest BCUT2D eigenvalue weighted by Crippen LogP contribution is -2.35. The molecule has 0 aromatic heterocycles. The molecular weight excluding hydrogens is 346 g/mol. The zero-order valence-electron chi connectivity index (χ0n) is 14.9. The van der Waals surface area contributed by atoms with Gasteiger partial charge in [0.15, 0.2) is 0 Å². The Balaban J connectivity index is 1.54. The number of hydrogen-bond donors (Lipinski definition) is 4. The summed E-state index contributed by atoms with van der Waals surface area (Å²) in [6, 6.07) is 14.8. The van der Waals surface area contributed by atoms with Gasteiger partial charge in [-0.25, -0.2) is 0 Å². The molecule has 0 aliphatic rings. The van der Waals surface area contributed by atoms with E-state index in [2.05, 4.69) is 16.0 Å². The molecule has 2 aromatic rings. The standard InChI is InChI=1S/C20H23N3O4/c24-17-10-8-16(9-11-17)20(27)23-14-13-21-18(25)7-4-12-22-19(26)15-5-2-1-3-6-15/h1-3,5-6,8-11,24H,4,7,12-14H2,(H,21,25)(H,22,26)(H,23,27). The second kappa shape index (κ2) is 10.6. The number of benzene rings is 2. The van der Waals surface area contributed by atoms with Gasteiger partial charge < -0.3 is 21.1 Å². The lowest BCUT2D eigenvalue weighted by Gasteiger charge is -2.08. The number of carbonyl (C=O) groups is 3. The Hall–Kier alpha value is -3.35. The summed E-state index contributed by atoms with van der Waals surface area (Å²) in [5.41, 5.74) is 1.03. The van der Waals surface area contributed by atoms with Crippen LogP contribution in [0, 0.1) is 0 Å². The third-order valence-corrected chi connectivity index (χ3v) is 3.76. The second-order valence-electron chi connectivity index (χ2n) is 5.88. The van der Waals surface area contributed by atoms with Crippen molar-refractivity contribution in [2.75, 3.05) is 19.6 Å². The molecule has 0 saturated heterocycles. The highest BCUT2D eigenvalue weighted by atomic mass is 16.3. The maximum absolute atomic E-state index is 11.8. The number of rotatable bonds is 9. The SMILES string of the molecule is O=C(CCCNC(=O)c1ccccc1)NCCNC(=O)c1ccc(O)cc1. The van der Waals surface area contributed by atoms with Crippen LogP contribution >= 0.6 is 0 Å². The molecule has 0 atom stereocenters. The summed E-state index contributed by atoms with van der Waals surface area (Å²) in [5, 5.41) is 17.3. The Bertz CT molecular complexity index is 761. The van der Waals surface area contributed by atoms with Crippen molar-refractivity contribution in [1.29, 1.82) is 0 Å². The van der Waals surface area contributed by atoms with Crippen molar-refractivity contribution in [2.24, 2.45) is 0 Å². The summed E-state index contributed by atoms with van der Waals surface area (Å²) in [5.74, 6) is -0.470. The van der Waals surface area contributed by atoms with Crippen LogP contribution in [0.3, 0.4) is 0 Å². The first-order chi connectivity index (χ1) is 13.1.